The summed E-state index contributed by atoms with van der Waals surface area (Å²) < 4.78 is 49.2. The van der Waals surface area contributed by atoms with Crippen molar-refractivity contribution in [3.8, 4) is 0 Å². The number of carbonyl (C=O) groups is 4. The second-order valence-electron chi connectivity index (χ2n) is 11.4. The quantitative estimate of drug-likeness (QED) is 0.146. The number of aliphatic imine (C=N–C) groups is 1. The molecule has 4 rings (SSSR count). The number of nitrogens with one attached hydrogen (secondary N) is 2. The van der Waals surface area contributed by atoms with Crippen LogP contribution in [0.5, 0.6) is 0 Å². The molecule has 0 radical (unpaired) electrons. The maximum atomic E-state index is 15.4. The van der Waals surface area contributed by atoms with Gasteiger partial charge in [0.2, 0.25) is 0 Å². The first-order valence-corrected chi connectivity index (χ1v) is 16.0. The predicted octanol–water partition coefficient (Wildman–Crippen LogP) is 6.30. The van der Waals surface area contributed by atoms with Crippen molar-refractivity contribution in [2.24, 2.45) is 4.99 Å². The standard InChI is InChI=1S/C34H35F3N6O6.C2H6/c1-6-23-20(7-8-25(30(23)38-4)41-33(48)42(5)27-16-39-10-9-21(27)17-44)14-26(32(46)47)40-31(45)29-19(2)13-22(15-24(29)35)43-11-12-49-18-28(43)34(3,36)37;1-2/h6-10,13,15-17,26,28H,1,4,11-12,14,18H2,2-3,5H3,(H,40,45)(H,41,48)(H,46,47);1-2H3/t26-,28+;/m0./s1. The number of pyridine rings is 1. The molecule has 1 fully saturated rings. The van der Waals surface area contributed by atoms with Crippen molar-refractivity contribution in [3.63, 3.8) is 0 Å². The van der Waals surface area contributed by atoms with Gasteiger partial charge >= 0.3 is 12.0 Å². The van der Waals surface area contributed by atoms with Crippen LogP contribution in [0.1, 0.15) is 58.2 Å². The van der Waals surface area contributed by atoms with Crippen molar-refractivity contribution < 1.29 is 42.2 Å². The van der Waals surface area contributed by atoms with Gasteiger partial charge < -0.3 is 25.4 Å². The number of rotatable bonds is 12. The molecule has 0 bridgehead atoms. The number of aryl methyl sites for hydroxylation is 1. The van der Waals surface area contributed by atoms with Crippen LogP contribution in [0.25, 0.3) is 6.08 Å². The molecule has 1 aromatic heterocycles. The lowest BCUT2D eigenvalue weighted by molar-refractivity contribution is -0.139. The maximum Gasteiger partial charge on any atom is 0.326 e. The molecule has 15 heteroatoms. The summed E-state index contributed by atoms with van der Waals surface area (Å²) in [6.45, 7) is 13.5. The molecule has 51 heavy (non-hydrogen) atoms. The van der Waals surface area contributed by atoms with Crippen molar-refractivity contribution in [1.29, 1.82) is 0 Å². The van der Waals surface area contributed by atoms with Crippen molar-refractivity contribution in [3.05, 3.63) is 82.9 Å². The molecular formula is C36H41F3N6O6. The van der Waals surface area contributed by atoms with Gasteiger partial charge in [-0.2, -0.15) is 0 Å². The number of urea groups is 1. The zero-order valence-corrected chi connectivity index (χ0v) is 29.0. The average molecular weight is 711 g/mol. The zero-order chi connectivity index (χ0) is 38.0. The summed E-state index contributed by atoms with van der Waals surface area (Å²) in [5, 5.41) is 15.0. The summed E-state index contributed by atoms with van der Waals surface area (Å²) in [6.07, 6.45) is 4.43. The summed E-state index contributed by atoms with van der Waals surface area (Å²) in [7, 11) is 1.43. The first kappa shape index (κ1) is 39.9. The van der Waals surface area contributed by atoms with Crippen LogP contribution >= 0.6 is 0 Å². The molecule has 2 aromatic carbocycles. The number of alkyl halides is 2. The van der Waals surface area contributed by atoms with Gasteiger partial charge in [-0.1, -0.05) is 32.6 Å². The number of aromatic nitrogens is 1. The third-order valence-electron chi connectivity index (χ3n) is 8.11. The van der Waals surface area contributed by atoms with E-state index in [-0.39, 0.29) is 60.1 Å². The number of amides is 3. The van der Waals surface area contributed by atoms with Crippen molar-refractivity contribution in [2.75, 3.05) is 41.9 Å². The Morgan fingerprint density at radius 3 is 2.55 bits per heavy atom. The Hall–Kier alpha value is -5.57. The van der Waals surface area contributed by atoms with E-state index in [2.05, 4.69) is 33.9 Å². The Morgan fingerprint density at radius 2 is 1.96 bits per heavy atom. The predicted molar refractivity (Wildman–Crippen MR) is 190 cm³/mol. The molecule has 272 valence electrons. The fraction of sp³-hybridized carbons (Fsp3) is 0.333. The molecule has 2 atom stereocenters. The Labute approximate surface area is 294 Å². The Bertz CT molecular complexity index is 1770. The fourth-order valence-corrected chi connectivity index (χ4v) is 5.57. The monoisotopic (exact) mass is 710 g/mol. The van der Waals surface area contributed by atoms with Gasteiger partial charge in [0.25, 0.3) is 11.8 Å². The topological polar surface area (TPSA) is 154 Å². The SMILES string of the molecule is C=Cc1c(C[C@H](NC(=O)c2c(C)cc(N3CCOC[C@@H]3C(C)(F)F)cc2F)C(=O)O)ccc(NC(=O)N(C)c2cnccc2C=O)c1N=C.CC. The number of carboxylic acid groups (broad SMARTS) is 1. The van der Waals surface area contributed by atoms with Crippen molar-refractivity contribution in [2.45, 2.75) is 52.1 Å². The highest BCUT2D eigenvalue weighted by atomic mass is 19.3. The van der Waals surface area contributed by atoms with Crippen molar-refractivity contribution >= 4 is 59.7 Å². The first-order valence-electron chi connectivity index (χ1n) is 16.0. The minimum absolute atomic E-state index is 0.0809. The highest BCUT2D eigenvalue weighted by Crippen LogP contribution is 2.35. The lowest BCUT2D eigenvalue weighted by Crippen LogP contribution is -2.54. The number of halogens is 3. The zero-order valence-electron chi connectivity index (χ0n) is 29.0. The van der Waals surface area contributed by atoms with Crippen LogP contribution in [0.15, 0.2) is 54.3 Å². The molecule has 3 amide bonds. The fourth-order valence-electron chi connectivity index (χ4n) is 5.57. The smallest absolute Gasteiger partial charge is 0.326 e. The van der Waals surface area contributed by atoms with Crippen LogP contribution in [0.3, 0.4) is 0 Å². The number of aldehydes is 1. The van der Waals surface area contributed by atoms with Crippen LogP contribution < -0.4 is 20.4 Å². The normalized spacial score (nSPS) is 14.7. The minimum atomic E-state index is -3.15. The van der Waals surface area contributed by atoms with E-state index in [1.807, 2.05) is 13.8 Å². The lowest BCUT2D eigenvalue weighted by Gasteiger charge is -2.40. The summed E-state index contributed by atoms with van der Waals surface area (Å²) in [5.74, 6) is -6.61. The molecule has 1 saturated heterocycles. The van der Waals surface area contributed by atoms with Gasteiger partial charge in [0.15, 0.2) is 6.29 Å². The van der Waals surface area contributed by atoms with E-state index in [0.717, 1.165) is 13.0 Å². The van der Waals surface area contributed by atoms with E-state index in [1.54, 1.807) is 0 Å². The van der Waals surface area contributed by atoms with Gasteiger partial charge in [-0.25, -0.2) is 22.8 Å². The summed E-state index contributed by atoms with van der Waals surface area (Å²) >= 11 is 0. The number of benzene rings is 2. The summed E-state index contributed by atoms with van der Waals surface area (Å²) in [4.78, 5) is 60.5. The van der Waals surface area contributed by atoms with Crippen LogP contribution in [0.4, 0.5) is 40.7 Å². The van der Waals surface area contributed by atoms with Crippen LogP contribution in [0, 0.1) is 12.7 Å². The van der Waals surface area contributed by atoms with Gasteiger partial charge in [-0.3, -0.25) is 24.5 Å². The third-order valence-corrected chi connectivity index (χ3v) is 8.11. The lowest BCUT2D eigenvalue weighted by atomic mass is 9.97. The van der Waals surface area contributed by atoms with Crippen LogP contribution in [0.2, 0.25) is 0 Å². The molecule has 0 unspecified atom stereocenters. The number of ether oxygens (including phenoxy) is 1. The molecule has 1 aliphatic rings. The Balaban J connectivity index is 0.00000345. The molecule has 2 heterocycles. The largest absolute Gasteiger partial charge is 0.480 e. The molecule has 0 aliphatic carbocycles. The van der Waals surface area contributed by atoms with E-state index >= 15 is 4.39 Å². The number of morpholine rings is 1. The number of hydrogen-bond donors (Lipinski definition) is 3. The van der Waals surface area contributed by atoms with E-state index in [1.165, 1.54) is 66.5 Å². The number of carboxylic acids is 1. The van der Waals surface area contributed by atoms with Crippen LogP contribution in [-0.4, -0.2) is 85.8 Å². The molecule has 0 spiro atoms. The third kappa shape index (κ3) is 9.16. The van der Waals surface area contributed by atoms with Gasteiger partial charge in [-0.05, 0) is 49.0 Å². The van der Waals surface area contributed by atoms with Gasteiger partial charge in [-0.15, -0.1) is 0 Å². The number of aliphatic carboxylic acids is 1. The number of hydrogen-bond acceptors (Lipinski definition) is 8. The first-order chi connectivity index (χ1) is 24.2. The summed E-state index contributed by atoms with van der Waals surface area (Å²) in [6, 6.07) is 3.25. The molecule has 1 aliphatic heterocycles. The Morgan fingerprint density at radius 1 is 1.25 bits per heavy atom. The highest BCUT2D eigenvalue weighted by Gasteiger charge is 2.41. The highest BCUT2D eigenvalue weighted by molar-refractivity contribution is 6.06. The second kappa shape index (κ2) is 17.4. The van der Waals surface area contributed by atoms with E-state index in [9.17, 15) is 33.1 Å². The second-order valence-corrected chi connectivity index (χ2v) is 11.4. The number of anilines is 3. The number of nitrogens with zero attached hydrogens (tertiary/aromatic N) is 4. The minimum Gasteiger partial charge on any atom is -0.480 e. The van der Waals surface area contributed by atoms with E-state index in [4.69, 9.17) is 4.74 Å². The summed E-state index contributed by atoms with van der Waals surface area (Å²) in [5.41, 5.74) is 1.32. The van der Waals surface area contributed by atoms with Gasteiger partial charge in [0, 0.05) is 49.9 Å². The number of carbonyl (C=O) groups excluding carboxylic acids is 3. The Kier molecular flexibility index (Phi) is 13.6. The van der Waals surface area contributed by atoms with Crippen LogP contribution in [-0.2, 0) is 16.0 Å². The average Bonchev–Trinajstić information content (AvgIpc) is 3.11. The molecular weight excluding hydrogens is 669 g/mol. The maximum absolute atomic E-state index is 15.4. The van der Waals surface area contributed by atoms with Gasteiger partial charge in [0.1, 0.15) is 17.9 Å². The van der Waals surface area contributed by atoms with E-state index in [0.29, 0.717) is 17.4 Å². The molecule has 0 saturated carbocycles. The van der Waals surface area contributed by atoms with Gasteiger partial charge in [0.05, 0.1) is 42.0 Å². The molecule has 3 aromatic rings. The molecule has 3 N–H and O–H groups in total. The van der Waals surface area contributed by atoms with Crippen molar-refractivity contribution in [1.82, 2.24) is 10.3 Å². The molecule has 12 nitrogen and oxygen atoms in total. The van der Waals surface area contributed by atoms with E-state index < -0.39 is 47.3 Å².